The van der Waals surface area contributed by atoms with Gasteiger partial charge in [0.2, 0.25) is 5.91 Å². The SMILES string of the molecule is COc1cc(CC(=O)N2CCCC2c2ccc(C(=O)Nc3nn[nH]n3)cc2)ccc1NC(=O)Nc1ccccc1C. The Morgan fingerprint density at radius 1 is 1.00 bits per heavy atom. The first-order valence-electron chi connectivity index (χ1n) is 13.2. The fraction of sp³-hybridized carbons (Fsp3) is 0.241. The summed E-state index contributed by atoms with van der Waals surface area (Å²) in [6.07, 6.45) is 1.91. The lowest BCUT2D eigenvalue weighted by Gasteiger charge is -2.25. The first-order chi connectivity index (χ1) is 19.9. The molecular formula is C29H30N8O4. The molecule has 0 bridgehead atoms. The third kappa shape index (κ3) is 6.49. The van der Waals surface area contributed by atoms with Crippen molar-refractivity contribution in [2.75, 3.05) is 29.6 Å². The second kappa shape index (κ2) is 12.3. The first kappa shape index (κ1) is 27.3. The minimum atomic E-state index is -0.389. The molecule has 0 radical (unpaired) electrons. The molecule has 41 heavy (non-hydrogen) atoms. The Labute approximate surface area is 236 Å². The standard InChI is InChI=1S/C29H30N8O4/c1-18-6-3-4-7-22(18)30-29(40)31-23-14-9-19(16-25(23)41-2)17-26(38)37-15-5-8-24(37)20-10-12-21(13-11-20)27(39)32-28-33-35-36-34-28/h3-4,6-7,9-14,16,24H,5,8,15,17H2,1-2H3,(H2,30,31,40)(H2,32,33,34,35,36,39). The number of H-pyrrole nitrogens is 1. The molecule has 1 aliphatic heterocycles. The van der Waals surface area contributed by atoms with Gasteiger partial charge in [-0.05, 0) is 72.0 Å². The lowest BCUT2D eigenvalue weighted by molar-refractivity contribution is -0.131. The van der Waals surface area contributed by atoms with Crippen LogP contribution in [0.25, 0.3) is 0 Å². The van der Waals surface area contributed by atoms with Gasteiger partial charge in [-0.15, -0.1) is 5.10 Å². The second-order valence-corrected chi connectivity index (χ2v) is 9.66. The zero-order valence-corrected chi connectivity index (χ0v) is 22.7. The molecule has 0 saturated carbocycles. The predicted molar refractivity (Wildman–Crippen MR) is 153 cm³/mol. The highest BCUT2D eigenvalue weighted by Crippen LogP contribution is 2.33. The number of nitrogens with one attached hydrogen (secondary N) is 4. The maximum absolute atomic E-state index is 13.4. The molecule has 12 nitrogen and oxygen atoms in total. The third-order valence-electron chi connectivity index (χ3n) is 6.96. The van der Waals surface area contributed by atoms with Crippen molar-refractivity contribution < 1.29 is 19.1 Å². The number of benzene rings is 3. The Hall–Kier alpha value is -5.26. The van der Waals surface area contributed by atoms with Crippen LogP contribution in [0.5, 0.6) is 5.75 Å². The Morgan fingerprint density at radius 2 is 1.78 bits per heavy atom. The molecule has 0 spiro atoms. The van der Waals surface area contributed by atoms with Crippen LogP contribution in [0, 0.1) is 6.92 Å². The van der Waals surface area contributed by atoms with Gasteiger partial charge in [0, 0.05) is 17.8 Å². The second-order valence-electron chi connectivity index (χ2n) is 9.66. The highest BCUT2D eigenvalue weighted by Gasteiger charge is 2.30. The van der Waals surface area contributed by atoms with Crippen LogP contribution in [0.1, 0.15) is 45.9 Å². The summed E-state index contributed by atoms with van der Waals surface area (Å²) in [4.78, 5) is 40.2. The van der Waals surface area contributed by atoms with Crippen molar-refractivity contribution in [3.63, 3.8) is 0 Å². The van der Waals surface area contributed by atoms with E-state index in [1.54, 1.807) is 24.3 Å². The van der Waals surface area contributed by atoms with Gasteiger partial charge in [0.05, 0.1) is 25.3 Å². The zero-order chi connectivity index (χ0) is 28.8. The molecular weight excluding hydrogens is 524 g/mol. The molecule has 1 saturated heterocycles. The number of aromatic amines is 1. The summed E-state index contributed by atoms with van der Waals surface area (Å²) < 4.78 is 5.51. The number of amides is 4. The van der Waals surface area contributed by atoms with Crippen molar-refractivity contribution in [1.82, 2.24) is 25.5 Å². The summed E-state index contributed by atoms with van der Waals surface area (Å²) in [5.74, 6) is 0.198. The largest absolute Gasteiger partial charge is 0.495 e. The number of para-hydroxylation sites is 1. The van der Waals surface area contributed by atoms with Gasteiger partial charge in [0.1, 0.15) is 5.75 Å². The van der Waals surface area contributed by atoms with Crippen LogP contribution in [-0.4, -0.2) is 57.0 Å². The van der Waals surface area contributed by atoms with Crippen LogP contribution in [-0.2, 0) is 11.2 Å². The average Bonchev–Trinajstić information content (AvgIpc) is 3.68. The number of urea groups is 1. The summed E-state index contributed by atoms with van der Waals surface area (Å²) in [6, 6.07) is 19.5. The number of carbonyl (C=O) groups excluding carboxylic acids is 3. The van der Waals surface area contributed by atoms with Gasteiger partial charge in [-0.1, -0.05) is 41.5 Å². The molecule has 4 N–H and O–H groups in total. The topological polar surface area (TPSA) is 154 Å². The van der Waals surface area contributed by atoms with Gasteiger partial charge in [-0.3, -0.25) is 14.9 Å². The number of rotatable bonds is 8. The number of hydrogen-bond donors (Lipinski definition) is 4. The number of likely N-dealkylation sites (tertiary alicyclic amines) is 1. The molecule has 4 amide bonds. The van der Waals surface area contributed by atoms with Crippen molar-refractivity contribution in [3.05, 3.63) is 89.0 Å². The molecule has 4 aromatic rings. The molecule has 210 valence electrons. The number of aryl methyl sites for hydroxylation is 1. The van der Waals surface area contributed by atoms with Gasteiger partial charge < -0.3 is 20.3 Å². The number of tetrazole rings is 1. The van der Waals surface area contributed by atoms with Crippen LogP contribution in [0.3, 0.4) is 0 Å². The normalized spacial score (nSPS) is 14.4. The van der Waals surface area contributed by atoms with Gasteiger partial charge >= 0.3 is 6.03 Å². The van der Waals surface area contributed by atoms with E-state index in [-0.39, 0.29) is 36.3 Å². The van der Waals surface area contributed by atoms with Crippen molar-refractivity contribution in [2.24, 2.45) is 0 Å². The zero-order valence-electron chi connectivity index (χ0n) is 22.7. The Balaban J connectivity index is 1.21. The first-order valence-corrected chi connectivity index (χ1v) is 13.2. The van der Waals surface area contributed by atoms with E-state index in [2.05, 4.69) is 36.6 Å². The van der Waals surface area contributed by atoms with Gasteiger partial charge in [-0.25, -0.2) is 4.79 Å². The van der Waals surface area contributed by atoms with E-state index in [1.165, 1.54) is 7.11 Å². The van der Waals surface area contributed by atoms with Crippen LogP contribution in [0.4, 0.5) is 22.1 Å². The summed E-state index contributed by atoms with van der Waals surface area (Å²) >= 11 is 0. The monoisotopic (exact) mass is 554 g/mol. The van der Waals surface area contributed by atoms with Gasteiger partial charge in [-0.2, -0.15) is 5.21 Å². The summed E-state index contributed by atoms with van der Waals surface area (Å²) in [6.45, 7) is 2.57. The van der Waals surface area contributed by atoms with Crippen molar-refractivity contribution in [2.45, 2.75) is 32.2 Å². The lowest BCUT2D eigenvalue weighted by Crippen LogP contribution is -2.31. The van der Waals surface area contributed by atoms with Crippen molar-refractivity contribution in [3.8, 4) is 5.75 Å². The molecule has 1 atom stereocenters. The van der Waals surface area contributed by atoms with E-state index in [9.17, 15) is 14.4 Å². The highest BCUT2D eigenvalue weighted by atomic mass is 16.5. The quantitative estimate of drug-likeness (QED) is 0.253. The van der Waals surface area contributed by atoms with Gasteiger partial charge in [0.15, 0.2) is 0 Å². The predicted octanol–water partition coefficient (Wildman–Crippen LogP) is 4.32. The molecule has 5 rings (SSSR count). The van der Waals surface area contributed by atoms with E-state index in [0.717, 1.165) is 29.5 Å². The number of ether oxygens (including phenoxy) is 1. The van der Waals surface area contributed by atoms with Crippen LogP contribution < -0.4 is 20.7 Å². The number of hydrogen-bond acceptors (Lipinski definition) is 7. The molecule has 1 fully saturated rings. The average molecular weight is 555 g/mol. The Morgan fingerprint density at radius 3 is 2.51 bits per heavy atom. The third-order valence-corrected chi connectivity index (χ3v) is 6.96. The highest BCUT2D eigenvalue weighted by molar-refractivity contribution is 6.03. The fourth-order valence-electron chi connectivity index (χ4n) is 4.87. The Bertz CT molecular complexity index is 1540. The molecule has 1 aromatic heterocycles. The maximum Gasteiger partial charge on any atom is 0.323 e. The molecule has 3 aromatic carbocycles. The molecule has 1 aliphatic rings. The molecule has 12 heteroatoms. The number of aromatic nitrogens is 4. The fourth-order valence-corrected chi connectivity index (χ4v) is 4.87. The van der Waals surface area contributed by atoms with E-state index in [0.29, 0.717) is 29.2 Å². The summed E-state index contributed by atoms with van der Waals surface area (Å²) in [5, 5.41) is 21.4. The van der Waals surface area contributed by atoms with Crippen LogP contribution in [0.15, 0.2) is 66.7 Å². The number of carbonyl (C=O) groups is 3. The summed E-state index contributed by atoms with van der Waals surface area (Å²) in [5.41, 5.74) is 4.35. The van der Waals surface area contributed by atoms with E-state index in [4.69, 9.17) is 4.74 Å². The van der Waals surface area contributed by atoms with Crippen molar-refractivity contribution >= 4 is 35.2 Å². The minimum absolute atomic E-state index is 0.00788. The minimum Gasteiger partial charge on any atom is -0.495 e. The van der Waals surface area contributed by atoms with Gasteiger partial charge in [0.25, 0.3) is 11.9 Å². The number of anilines is 3. The maximum atomic E-state index is 13.4. The van der Waals surface area contributed by atoms with Crippen LogP contribution in [0.2, 0.25) is 0 Å². The number of methoxy groups -OCH3 is 1. The number of nitrogens with zero attached hydrogens (tertiary/aromatic N) is 4. The lowest BCUT2D eigenvalue weighted by atomic mass is 10.0. The van der Waals surface area contributed by atoms with E-state index < -0.39 is 0 Å². The smallest absolute Gasteiger partial charge is 0.323 e. The molecule has 1 unspecified atom stereocenters. The van der Waals surface area contributed by atoms with Crippen molar-refractivity contribution in [1.29, 1.82) is 0 Å². The Kier molecular flexibility index (Phi) is 8.18. The van der Waals surface area contributed by atoms with Crippen LogP contribution >= 0.6 is 0 Å². The molecule has 2 heterocycles. The van der Waals surface area contributed by atoms with E-state index in [1.807, 2.05) is 54.3 Å². The van der Waals surface area contributed by atoms with E-state index >= 15 is 0 Å². The summed E-state index contributed by atoms with van der Waals surface area (Å²) in [7, 11) is 1.52. The molecule has 0 aliphatic carbocycles.